The Morgan fingerprint density at radius 1 is 1.65 bits per heavy atom. The van der Waals surface area contributed by atoms with E-state index in [0.29, 0.717) is 13.1 Å². The molecule has 5 heteroatoms. The van der Waals surface area contributed by atoms with Crippen molar-refractivity contribution in [1.29, 1.82) is 0 Å². The van der Waals surface area contributed by atoms with Crippen LogP contribution in [0.3, 0.4) is 0 Å². The first kappa shape index (κ1) is 14.2. The van der Waals surface area contributed by atoms with Crippen molar-refractivity contribution in [3.05, 3.63) is 34.0 Å². The maximum Gasteiger partial charge on any atom is 0.242 e. The van der Waals surface area contributed by atoms with Crippen LogP contribution in [0, 0.1) is 0 Å². The molecule has 17 heavy (non-hydrogen) atoms. The summed E-state index contributed by atoms with van der Waals surface area (Å²) in [6, 6.07) is 3.74. The van der Waals surface area contributed by atoms with Crippen molar-refractivity contribution in [2.24, 2.45) is 5.73 Å². The minimum absolute atomic E-state index is 0.0954. The normalized spacial score (nSPS) is 11.3. The Morgan fingerprint density at radius 2 is 2.29 bits per heavy atom. The highest BCUT2D eigenvalue weighted by Gasteiger charge is 2.27. The van der Waals surface area contributed by atoms with E-state index in [1.807, 2.05) is 12.1 Å². The second-order valence-corrected chi connectivity index (χ2v) is 6.20. The van der Waals surface area contributed by atoms with Gasteiger partial charge in [-0.2, -0.15) is 0 Å². The molecule has 0 bridgehead atoms. The molecule has 0 aromatic carbocycles. The number of amides is 1. The van der Waals surface area contributed by atoms with Gasteiger partial charge in [-0.05, 0) is 26.0 Å². The molecule has 0 saturated carbocycles. The SMILES string of the molecule is C=CCN(Cc1ccc(Cl)s1)C(=O)C(C)(C)N. The first-order chi connectivity index (χ1) is 7.84. The molecule has 1 aromatic heterocycles. The molecule has 1 rings (SSSR count). The third-order valence-corrected chi connectivity index (χ3v) is 3.38. The van der Waals surface area contributed by atoms with Crippen molar-refractivity contribution in [2.45, 2.75) is 25.9 Å². The smallest absolute Gasteiger partial charge is 0.242 e. The molecule has 0 aliphatic heterocycles. The topological polar surface area (TPSA) is 46.3 Å². The number of carbonyl (C=O) groups is 1. The third kappa shape index (κ3) is 4.15. The first-order valence-corrected chi connectivity index (χ1v) is 6.47. The van der Waals surface area contributed by atoms with E-state index in [4.69, 9.17) is 17.3 Å². The molecule has 0 spiro atoms. The zero-order valence-electron chi connectivity index (χ0n) is 10.1. The van der Waals surface area contributed by atoms with Gasteiger partial charge in [0, 0.05) is 11.4 Å². The average molecular weight is 273 g/mol. The van der Waals surface area contributed by atoms with Crippen molar-refractivity contribution < 1.29 is 4.79 Å². The van der Waals surface area contributed by atoms with Crippen molar-refractivity contribution in [2.75, 3.05) is 6.54 Å². The summed E-state index contributed by atoms with van der Waals surface area (Å²) >= 11 is 7.33. The fraction of sp³-hybridized carbons (Fsp3) is 0.417. The van der Waals surface area contributed by atoms with Gasteiger partial charge in [0.1, 0.15) is 0 Å². The molecule has 1 amide bonds. The second-order valence-electron chi connectivity index (χ2n) is 4.40. The third-order valence-electron chi connectivity index (χ3n) is 2.16. The zero-order valence-corrected chi connectivity index (χ0v) is 11.6. The Balaban J connectivity index is 2.79. The summed E-state index contributed by atoms with van der Waals surface area (Å²) in [5.74, 6) is -0.0954. The first-order valence-electron chi connectivity index (χ1n) is 5.28. The van der Waals surface area contributed by atoms with Gasteiger partial charge in [-0.15, -0.1) is 17.9 Å². The Bertz CT molecular complexity index is 409. The van der Waals surface area contributed by atoms with Crippen LogP contribution in [0.4, 0.5) is 0 Å². The number of hydrogen-bond acceptors (Lipinski definition) is 3. The van der Waals surface area contributed by atoms with E-state index in [9.17, 15) is 4.79 Å². The fourth-order valence-corrected chi connectivity index (χ4v) is 2.51. The van der Waals surface area contributed by atoms with E-state index in [2.05, 4.69) is 6.58 Å². The Morgan fingerprint density at radius 3 is 2.71 bits per heavy atom. The predicted octanol–water partition coefficient (Wildman–Crippen LogP) is 2.65. The van der Waals surface area contributed by atoms with Gasteiger partial charge in [0.2, 0.25) is 5.91 Å². The number of thiophene rings is 1. The minimum atomic E-state index is -0.871. The maximum atomic E-state index is 12.1. The zero-order chi connectivity index (χ0) is 13.1. The van der Waals surface area contributed by atoms with Crippen molar-refractivity contribution in [1.82, 2.24) is 4.90 Å². The molecular weight excluding hydrogens is 256 g/mol. The van der Waals surface area contributed by atoms with Crippen LogP contribution in [0.5, 0.6) is 0 Å². The number of hydrogen-bond donors (Lipinski definition) is 1. The summed E-state index contributed by atoms with van der Waals surface area (Å²) in [7, 11) is 0. The summed E-state index contributed by atoms with van der Waals surface area (Å²) in [6.45, 7) is 8.05. The monoisotopic (exact) mass is 272 g/mol. The Labute approximate surface area is 111 Å². The van der Waals surface area contributed by atoms with E-state index in [1.165, 1.54) is 11.3 Å². The molecule has 3 nitrogen and oxygen atoms in total. The number of halogens is 1. The average Bonchev–Trinajstić information content (AvgIpc) is 2.61. The number of rotatable bonds is 5. The highest BCUT2D eigenvalue weighted by Crippen LogP contribution is 2.23. The summed E-state index contributed by atoms with van der Waals surface area (Å²) in [5, 5.41) is 0. The van der Waals surface area contributed by atoms with Gasteiger partial charge < -0.3 is 10.6 Å². The van der Waals surface area contributed by atoms with Gasteiger partial charge in [0.05, 0.1) is 16.4 Å². The molecule has 1 aromatic rings. The molecule has 0 aliphatic rings. The van der Waals surface area contributed by atoms with Crippen molar-refractivity contribution in [3.8, 4) is 0 Å². The van der Waals surface area contributed by atoms with Crippen molar-refractivity contribution in [3.63, 3.8) is 0 Å². The molecule has 0 aliphatic carbocycles. The largest absolute Gasteiger partial charge is 0.332 e. The number of carbonyl (C=O) groups excluding carboxylic acids is 1. The lowest BCUT2D eigenvalue weighted by atomic mass is 10.1. The van der Waals surface area contributed by atoms with E-state index in [1.54, 1.807) is 24.8 Å². The van der Waals surface area contributed by atoms with Crippen molar-refractivity contribution >= 4 is 28.8 Å². The molecule has 0 atom stereocenters. The molecule has 0 saturated heterocycles. The fourth-order valence-electron chi connectivity index (χ4n) is 1.41. The van der Waals surface area contributed by atoms with E-state index < -0.39 is 5.54 Å². The van der Waals surface area contributed by atoms with Crippen LogP contribution in [-0.2, 0) is 11.3 Å². The van der Waals surface area contributed by atoms with Crippen LogP contribution in [0.2, 0.25) is 4.34 Å². The van der Waals surface area contributed by atoms with Crippen LogP contribution in [0.15, 0.2) is 24.8 Å². The summed E-state index contributed by atoms with van der Waals surface area (Å²) < 4.78 is 0.720. The molecule has 0 radical (unpaired) electrons. The highest BCUT2D eigenvalue weighted by atomic mass is 35.5. The van der Waals surface area contributed by atoms with Gasteiger partial charge in [-0.25, -0.2) is 0 Å². The molecule has 1 heterocycles. The standard InChI is InChI=1S/C12H17ClN2OS/c1-4-7-15(11(16)12(2,3)14)8-9-5-6-10(13)17-9/h4-6H,1,7-8,14H2,2-3H3. The van der Waals surface area contributed by atoms with Crippen LogP contribution < -0.4 is 5.73 Å². The van der Waals surface area contributed by atoms with Crippen LogP contribution in [0.25, 0.3) is 0 Å². The molecule has 0 fully saturated rings. The van der Waals surface area contributed by atoms with Crippen LogP contribution >= 0.6 is 22.9 Å². The lowest BCUT2D eigenvalue weighted by Crippen LogP contribution is -2.50. The number of nitrogens with zero attached hydrogens (tertiary/aromatic N) is 1. The molecular formula is C12H17ClN2OS. The van der Waals surface area contributed by atoms with Gasteiger partial charge in [0.15, 0.2) is 0 Å². The molecule has 0 unspecified atom stereocenters. The lowest BCUT2D eigenvalue weighted by molar-refractivity contribution is -0.135. The molecule has 2 N–H and O–H groups in total. The summed E-state index contributed by atoms with van der Waals surface area (Å²) in [4.78, 5) is 14.8. The quantitative estimate of drug-likeness (QED) is 0.838. The lowest BCUT2D eigenvalue weighted by Gasteiger charge is -2.28. The predicted molar refractivity (Wildman–Crippen MR) is 73.2 cm³/mol. The maximum absolute atomic E-state index is 12.1. The van der Waals surface area contributed by atoms with Gasteiger partial charge in [-0.3, -0.25) is 4.79 Å². The summed E-state index contributed by atoms with van der Waals surface area (Å²) in [5.41, 5.74) is 4.95. The Kier molecular flexibility index (Phi) is 4.74. The van der Waals surface area contributed by atoms with Gasteiger partial charge in [0.25, 0.3) is 0 Å². The minimum Gasteiger partial charge on any atom is -0.332 e. The second kappa shape index (κ2) is 5.67. The van der Waals surface area contributed by atoms with Gasteiger partial charge >= 0.3 is 0 Å². The molecule has 94 valence electrons. The van der Waals surface area contributed by atoms with Crippen LogP contribution in [0.1, 0.15) is 18.7 Å². The highest BCUT2D eigenvalue weighted by molar-refractivity contribution is 7.16. The number of nitrogens with two attached hydrogens (primary N) is 1. The summed E-state index contributed by atoms with van der Waals surface area (Å²) in [6.07, 6.45) is 1.69. The van der Waals surface area contributed by atoms with E-state index in [-0.39, 0.29) is 5.91 Å². The van der Waals surface area contributed by atoms with Crippen LogP contribution in [-0.4, -0.2) is 22.9 Å². The van der Waals surface area contributed by atoms with E-state index in [0.717, 1.165) is 9.21 Å². The Hall–Kier alpha value is -0.840. The van der Waals surface area contributed by atoms with Gasteiger partial charge in [-0.1, -0.05) is 17.7 Å². The van der Waals surface area contributed by atoms with E-state index >= 15 is 0 Å².